The molecule has 0 fully saturated rings. The molecule has 0 bridgehead atoms. The number of ether oxygens (including phenoxy) is 1. The Morgan fingerprint density at radius 3 is 2.81 bits per heavy atom. The van der Waals surface area contributed by atoms with Gasteiger partial charge in [0, 0.05) is 17.6 Å². The van der Waals surface area contributed by atoms with E-state index < -0.39 is 0 Å². The van der Waals surface area contributed by atoms with Crippen molar-refractivity contribution in [2.75, 3.05) is 13.7 Å². The van der Waals surface area contributed by atoms with Gasteiger partial charge in [-0.2, -0.15) is 11.8 Å². The molecule has 16 heavy (non-hydrogen) atoms. The summed E-state index contributed by atoms with van der Waals surface area (Å²) >= 11 is 5.33. The smallest absolute Gasteiger partial charge is 0.133 e. The number of aliphatic hydroxyl groups excluding tert-OH is 1. The molecule has 4 heteroatoms. The largest absolute Gasteiger partial charge is 0.496 e. The van der Waals surface area contributed by atoms with Gasteiger partial charge in [0.2, 0.25) is 0 Å². The van der Waals surface area contributed by atoms with Crippen LogP contribution in [0, 0.1) is 0 Å². The van der Waals surface area contributed by atoms with Gasteiger partial charge in [-0.05, 0) is 40.0 Å². The summed E-state index contributed by atoms with van der Waals surface area (Å²) in [7, 11) is 1.66. The molecule has 1 atom stereocenters. The quantitative estimate of drug-likeness (QED) is 0.873. The highest BCUT2D eigenvalue weighted by atomic mass is 79.9. The zero-order valence-corrected chi connectivity index (χ0v) is 12.0. The zero-order valence-electron chi connectivity index (χ0n) is 9.57. The third-order valence-corrected chi connectivity index (χ3v) is 4.21. The van der Waals surface area contributed by atoms with E-state index in [4.69, 9.17) is 9.84 Å². The Bertz CT molecular complexity index is 331. The van der Waals surface area contributed by atoms with E-state index in [1.807, 2.05) is 17.8 Å². The van der Waals surface area contributed by atoms with Crippen LogP contribution in [0.3, 0.4) is 0 Å². The summed E-state index contributed by atoms with van der Waals surface area (Å²) in [5, 5.41) is 9.30. The van der Waals surface area contributed by atoms with E-state index in [1.165, 1.54) is 5.56 Å². The number of benzene rings is 1. The molecule has 0 aliphatic rings. The van der Waals surface area contributed by atoms with E-state index in [1.54, 1.807) is 7.11 Å². The van der Waals surface area contributed by atoms with E-state index >= 15 is 0 Å². The van der Waals surface area contributed by atoms with E-state index in [0.29, 0.717) is 5.25 Å². The highest BCUT2D eigenvalue weighted by Crippen LogP contribution is 2.28. The molecule has 1 aromatic carbocycles. The molecule has 90 valence electrons. The number of thioether (sulfide) groups is 1. The topological polar surface area (TPSA) is 29.5 Å². The van der Waals surface area contributed by atoms with Gasteiger partial charge in [0.1, 0.15) is 5.75 Å². The second-order valence-corrected chi connectivity index (χ2v) is 5.88. The van der Waals surface area contributed by atoms with Crippen LogP contribution in [-0.2, 0) is 5.75 Å². The fraction of sp³-hybridized carbons (Fsp3) is 0.500. The number of hydrogen-bond donors (Lipinski definition) is 1. The van der Waals surface area contributed by atoms with Crippen molar-refractivity contribution in [1.29, 1.82) is 0 Å². The summed E-state index contributed by atoms with van der Waals surface area (Å²) in [5.41, 5.74) is 1.27. The molecule has 0 aliphatic heterocycles. The first-order chi connectivity index (χ1) is 7.67. The first-order valence-corrected chi connectivity index (χ1v) is 7.06. The Hall–Kier alpha value is -0.190. The maximum Gasteiger partial charge on any atom is 0.133 e. The van der Waals surface area contributed by atoms with Gasteiger partial charge in [-0.3, -0.25) is 0 Å². The minimum absolute atomic E-state index is 0.264. The van der Waals surface area contributed by atoms with Gasteiger partial charge in [-0.25, -0.2) is 0 Å². The third kappa shape index (κ3) is 4.36. The van der Waals surface area contributed by atoms with Crippen LogP contribution in [0.25, 0.3) is 0 Å². The molecule has 0 saturated heterocycles. The molecule has 0 saturated carbocycles. The predicted octanol–water partition coefficient (Wildman–Crippen LogP) is 3.46. The van der Waals surface area contributed by atoms with Crippen molar-refractivity contribution >= 4 is 27.7 Å². The maximum atomic E-state index is 8.81. The molecule has 0 spiro atoms. The van der Waals surface area contributed by atoms with E-state index in [0.717, 1.165) is 22.4 Å². The Morgan fingerprint density at radius 1 is 1.50 bits per heavy atom. The molecular formula is C12H17BrO2S. The van der Waals surface area contributed by atoms with Gasteiger partial charge in [0.25, 0.3) is 0 Å². The molecule has 1 N–H and O–H groups in total. The van der Waals surface area contributed by atoms with Gasteiger partial charge < -0.3 is 9.84 Å². The average Bonchev–Trinajstić information content (AvgIpc) is 2.27. The highest BCUT2D eigenvalue weighted by molar-refractivity contribution is 9.10. The SMILES string of the molecule is COc1ccc(CSC(C)CCO)cc1Br. The summed E-state index contributed by atoms with van der Waals surface area (Å²) in [4.78, 5) is 0. The predicted molar refractivity (Wildman–Crippen MR) is 73.2 cm³/mol. The van der Waals surface area contributed by atoms with E-state index in [-0.39, 0.29) is 6.61 Å². The molecule has 0 aliphatic carbocycles. The Balaban J connectivity index is 2.51. The number of hydrogen-bond acceptors (Lipinski definition) is 3. The molecule has 1 rings (SSSR count). The van der Waals surface area contributed by atoms with Crippen molar-refractivity contribution < 1.29 is 9.84 Å². The Labute approximate surface area is 110 Å². The minimum Gasteiger partial charge on any atom is -0.496 e. The maximum absolute atomic E-state index is 8.81. The lowest BCUT2D eigenvalue weighted by atomic mass is 10.2. The standard InChI is InChI=1S/C12H17BrO2S/c1-9(5-6-14)16-8-10-3-4-12(15-2)11(13)7-10/h3-4,7,9,14H,5-6,8H2,1-2H3. The molecule has 0 radical (unpaired) electrons. The molecule has 1 unspecified atom stereocenters. The van der Waals surface area contributed by atoms with E-state index in [9.17, 15) is 0 Å². The van der Waals surface area contributed by atoms with E-state index in [2.05, 4.69) is 35.0 Å². The monoisotopic (exact) mass is 304 g/mol. The fourth-order valence-corrected chi connectivity index (χ4v) is 2.82. The number of methoxy groups -OCH3 is 1. The molecule has 0 amide bonds. The second kappa shape index (κ2) is 7.20. The summed E-state index contributed by atoms with van der Waals surface area (Å²) in [6.45, 7) is 2.40. The summed E-state index contributed by atoms with van der Waals surface area (Å²) < 4.78 is 6.17. The molecule has 0 heterocycles. The molecular weight excluding hydrogens is 288 g/mol. The summed E-state index contributed by atoms with van der Waals surface area (Å²) in [6, 6.07) is 6.12. The normalized spacial score (nSPS) is 12.5. The lowest BCUT2D eigenvalue weighted by Crippen LogP contribution is -1.99. The highest BCUT2D eigenvalue weighted by Gasteiger charge is 2.05. The Kier molecular flexibility index (Phi) is 6.24. The van der Waals surface area contributed by atoms with Crippen molar-refractivity contribution in [3.63, 3.8) is 0 Å². The van der Waals surface area contributed by atoms with Crippen LogP contribution < -0.4 is 4.74 Å². The number of halogens is 1. The molecule has 0 aromatic heterocycles. The van der Waals surface area contributed by atoms with Crippen molar-refractivity contribution in [2.45, 2.75) is 24.3 Å². The zero-order chi connectivity index (χ0) is 12.0. The molecule has 2 nitrogen and oxygen atoms in total. The van der Waals surface area contributed by atoms with Crippen molar-refractivity contribution in [3.8, 4) is 5.75 Å². The number of rotatable bonds is 6. The second-order valence-electron chi connectivity index (χ2n) is 3.60. The fourth-order valence-electron chi connectivity index (χ4n) is 1.30. The first kappa shape index (κ1) is 13.9. The van der Waals surface area contributed by atoms with Crippen LogP contribution in [0.4, 0.5) is 0 Å². The van der Waals surface area contributed by atoms with Crippen LogP contribution in [0.1, 0.15) is 18.9 Å². The van der Waals surface area contributed by atoms with Gasteiger partial charge in [-0.1, -0.05) is 13.0 Å². The van der Waals surface area contributed by atoms with Crippen LogP contribution in [0.15, 0.2) is 22.7 Å². The first-order valence-electron chi connectivity index (χ1n) is 5.22. The average molecular weight is 305 g/mol. The number of aliphatic hydroxyl groups is 1. The lowest BCUT2D eigenvalue weighted by Gasteiger charge is -2.10. The van der Waals surface area contributed by atoms with Crippen molar-refractivity contribution in [1.82, 2.24) is 0 Å². The van der Waals surface area contributed by atoms with Gasteiger partial charge >= 0.3 is 0 Å². The Morgan fingerprint density at radius 2 is 2.25 bits per heavy atom. The van der Waals surface area contributed by atoms with Crippen LogP contribution >= 0.6 is 27.7 Å². The van der Waals surface area contributed by atoms with Gasteiger partial charge in [0.15, 0.2) is 0 Å². The lowest BCUT2D eigenvalue weighted by molar-refractivity contribution is 0.289. The van der Waals surface area contributed by atoms with Crippen LogP contribution in [0.5, 0.6) is 5.75 Å². The van der Waals surface area contributed by atoms with Gasteiger partial charge in [-0.15, -0.1) is 0 Å². The minimum atomic E-state index is 0.264. The van der Waals surface area contributed by atoms with Crippen LogP contribution in [0.2, 0.25) is 0 Å². The van der Waals surface area contributed by atoms with Crippen LogP contribution in [-0.4, -0.2) is 24.1 Å². The molecule has 1 aromatic rings. The van der Waals surface area contributed by atoms with Gasteiger partial charge in [0.05, 0.1) is 11.6 Å². The summed E-state index contributed by atoms with van der Waals surface area (Å²) in [5.74, 6) is 1.82. The summed E-state index contributed by atoms with van der Waals surface area (Å²) in [6.07, 6.45) is 0.849. The van der Waals surface area contributed by atoms with Crippen molar-refractivity contribution in [3.05, 3.63) is 28.2 Å². The third-order valence-electron chi connectivity index (χ3n) is 2.29. The van der Waals surface area contributed by atoms with Crippen molar-refractivity contribution in [2.24, 2.45) is 0 Å².